The van der Waals surface area contributed by atoms with Crippen LogP contribution in [0.4, 0.5) is 71.7 Å². The molecular formula is C16H7F15N4O. The fourth-order valence-corrected chi connectivity index (χ4v) is 2.43. The van der Waals surface area contributed by atoms with E-state index >= 15 is 0 Å². The minimum absolute atomic E-state index is 0.137. The highest BCUT2D eigenvalue weighted by atomic mass is 19.4. The second-order valence-corrected chi connectivity index (χ2v) is 6.75. The van der Waals surface area contributed by atoms with E-state index in [-0.39, 0.29) is 5.56 Å². The van der Waals surface area contributed by atoms with Gasteiger partial charge in [-0.15, -0.1) is 10.2 Å². The molecule has 0 radical (unpaired) electrons. The van der Waals surface area contributed by atoms with Crippen LogP contribution in [0.1, 0.15) is 5.82 Å². The Labute approximate surface area is 187 Å². The SMILES string of the molecule is ONc1nc(C(F)(F)C(F)(F)C(F)(F)C(F)(F)C(F)(F)C(F)(F)C(F)(F)F)nnc1-c1ccccc1. The number of rotatable bonds is 8. The van der Waals surface area contributed by atoms with Gasteiger partial charge in [0.2, 0.25) is 5.82 Å². The predicted molar refractivity (Wildman–Crippen MR) is 85.4 cm³/mol. The first-order valence-corrected chi connectivity index (χ1v) is 8.56. The Morgan fingerprint density at radius 2 is 1.03 bits per heavy atom. The molecule has 0 amide bonds. The molecule has 2 aromatic rings. The van der Waals surface area contributed by atoms with Gasteiger partial charge in [-0.3, -0.25) is 10.7 Å². The van der Waals surface area contributed by atoms with Crippen molar-refractivity contribution in [1.82, 2.24) is 15.2 Å². The lowest BCUT2D eigenvalue weighted by Gasteiger charge is -2.41. The Hall–Kier alpha value is -3.06. The molecule has 5 nitrogen and oxygen atoms in total. The second kappa shape index (κ2) is 8.51. The normalized spacial score (nSPS) is 14.7. The van der Waals surface area contributed by atoms with E-state index in [2.05, 4.69) is 15.2 Å². The number of benzene rings is 1. The second-order valence-electron chi connectivity index (χ2n) is 6.75. The zero-order valence-electron chi connectivity index (χ0n) is 16.3. The van der Waals surface area contributed by atoms with Crippen molar-refractivity contribution in [3.05, 3.63) is 36.2 Å². The zero-order valence-corrected chi connectivity index (χ0v) is 16.3. The van der Waals surface area contributed by atoms with Crippen molar-refractivity contribution in [2.75, 3.05) is 5.48 Å². The van der Waals surface area contributed by atoms with Gasteiger partial charge >= 0.3 is 41.7 Å². The molecule has 2 rings (SSSR count). The largest absolute Gasteiger partial charge is 0.460 e. The van der Waals surface area contributed by atoms with Crippen molar-refractivity contribution < 1.29 is 71.1 Å². The number of anilines is 1. The average Bonchev–Trinajstić information content (AvgIpc) is 2.77. The van der Waals surface area contributed by atoms with E-state index in [0.29, 0.717) is 0 Å². The van der Waals surface area contributed by atoms with Crippen LogP contribution in [0.3, 0.4) is 0 Å². The molecule has 1 heterocycles. The number of hydrogen-bond donors (Lipinski definition) is 2. The zero-order chi connectivity index (χ0) is 28.2. The van der Waals surface area contributed by atoms with Gasteiger partial charge in [-0.25, -0.2) is 4.98 Å². The molecule has 0 aliphatic carbocycles. The van der Waals surface area contributed by atoms with Crippen LogP contribution in [-0.4, -0.2) is 56.2 Å². The van der Waals surface area contributed by atoms with Crippen LogP contribution in [-0.2, 0) is 5.92 Å². The molecule has 1 aromatic carbocycles. The monoisotopic (exact) mass is 556 g/mol. The van der Waals surface area contributed by atoms with Crippen LogP contribution in [0, 0.1) is 0 Å². The maximum absolute atomic E-state index is 14.2. The summed E-state index contributed by atoms with van der Waals surface area (Å²) in [4.78, 5) is 2.49. The Morgan fingerprint density at radius 3 is 1.47 bits per heavy atom. The van der Waals surface area contributed by atoms with E-state index in [4.69, 9.17) is 5.21 Å². The summed E-state index contributed by atoms with van der Waals surface area (Å²) in [7, 11) is 0. The van der Waals surface area contributed by atoms with Gasteiger partial charge in [-0.05, 0) is 0 Å². The molecule has 1 aromatic heterocycles. The maximum Gasteiger partial charge on any atom is 0.460 e. The number of nitrogens with zero attached hydrogens (tertiary/aromatic N) is 3. The minimum atomic E-state index is -8.44. The first-order chi connectivity index (χ1) is 16.0. The summed E-state index contributed by atoms with van der Waals surface area (Å²) in [6.45, 7) is 0. The first kappa shape index (κ1) is 29.2. The van der Waals surface area contributed by atoms with Gasteiger partial charge in [0.05, 0.1) is 0 Å². The summed E-state index contributed by atoms with van der Waals surface area (Å²) < 4.78 is 200. The van der Waals surface area contributed by atoms with Crippen LogP contribution in [0.5, 0.6) is 0 Å². The van der Waals surface area contributed by atoms with Crippen molar-refractivity contribution in [2.45, 2.75) is 41.7 Å². The Bertz CT molecular complexity index is 1090. The summed E-state index contributed by atoms with van der Waals surface area (Å²) in [5.74, 6) is -52.2. The van der Waals surface area contributed by atoms with Crippen LogP contribution in [0.2, 0.25) is 0 Å². The molecular weight excluding hydrogens is 549 g/mol. The molecule has 0 saturated heterocycles. The van der Waals surface area contributed by atoms with E-state index < -0.39 is 59.0 Å². The van der Waals surface area contributed by atoms with E-state index in [1.165, 1.54) is 18.2 Å². The van der Waals surface area contributed by atoms with Gasteiger partial charge in [0.15, 0.2) is 5.82 Å². The Morgan fingerprint density at radius 1 is 0.583 bits per heavy atom. The van der Waals surface area contributed by atoms with Gasteiger partial charge in [-0.1, -0.05) is 30.3 Å². The van der Waals surface area contributed by atoms with Crippen LogP contribution in [0.25, 0.3) is 11.3 Å². The third kappa shape index (κ3) is 3.94. The molecule has 2 N–H and O–H groups in total. The summed E-state index contributed by atoms with van der Waals surface area (Å²) in [6.07, 6.45) is -7.70. The highest BCUT2D eigenvalue weighted by Gasteiger charge is 2.93. The molecule has 0 aliphatic rings. The minimum Gasteiger partial charge on any atom is -0.290 e. The molecule has 0 saturated carbocycles. The van der Waals surface area contributed by atoms with Gasteiger partial charge in [0.25, 0.3) is 0 Å². The van der Waals surface area contributed by atoms with Gasteiger partial charge < -0.3 is 0 Å². The van der Waals surface area contributed by atoms with E-state index in [0.717, 1.165) is 17.6 Å². The highest BCUT2D eigenvalue weighted by molar-refractivity contribution is 5.70. The third-order valence-corrected chi connectivity index (χ3v) is 4.45. The number of nitrogens with one attached hydrogen (secondary N) is 1. The predicted octanol–water partition coefficient (Wildman–Crippen LogP) is 6.17. The van der Waals surface area contributed by atoms with E-state index in [1.54, 1.807) is 0 Å². The van der Waals surface area contributed by atoms with Gasteiger partial charge in [-0.2, -0.15) is 65.9 Å². The Balaban J connectivity index is 2.65. The fraction of sp³-hybridized carbons (Fsp3) is 0.438. The van der Waals surface area contributed by atoms with Crippen LogP contribution in [0.15, 0.2) is 30.3 Å². The lowest BCUT2D eigenvalue weighted by Crippen LogP contribution is -2.72. The van der Waals surface area contributed by atoms with Crippen molar-refractivity contribution >= 4 is 5.82 Å². The van der Waals surface area contributed by atoms with Gasteiger partial charge in [0, 0.05) is 5.56 Å². The fourth-order valence-electron chi connectivity index (χ4n) is 2.43. The highest BCUT2D eigenvalue weighted by Crippen LogP contribution is 2.63. The number of aromatic nitrogens is 3. The molecule has 20 heteroatoms. The molecule has 0 aliphatic heterocycles. The van der Waals surface area contributed by atoms with E-state index in [1.807, 2.05) is 0 Å². The van der Waals surface area contributed by atoms with Gasteiger partial charge in [0.1, 0.15) is 5.69 Å². The van der Waals surface area contributed by atoms with Crippen molar-refractivity contribution in [1.29, 1.82) is 0 Å². The topological polar surface area (TPSA) is 70.9 Å². The quantitative estimate of drug-likeness (QED) is 0.301. The number of hydrogen-bond acceptors (Lipinski definition) is 5. The lowest BCUT2D eigenvalue weighted by molar-refractivity contribution is -0.454. The van der Waals surface area contributed by atoms with Crippen molar-refractivity contribution in [3.63, 3.8) is 0 Å². The number of halogens is 15. The smallest absolute Gasteiger partial charge is 0.290 e. The molecule has 0 bridgehead atoms. The number of alkyl halides is 15. The summed E-state index contributed by atoms with van der Waals surface area (Å²) in [5.41, 5.74) is 0.151. The first-order valence-electron chi connectivity index (χ1n) is 8.56. The molecule has 0 unspecified atom stereocenters. The molecule has 202 valence electrons. The van der Waals surface area contributed by atoms with Crippen molar-refractivity contribution in [3.8, 4) is 11.3 Å². The molecule has 0 spiro atoms. The summed E-state index contributed by atoms with van der Waals surface area (Å²) >= 11 is 0. The third-order valence-electron chi connectivity index (χ3n) is 4.45. The lowest BCUT2D eigenvalue weighted by atomic mass is 9.91. The maximum atomic E-state index is 14.2. The Kier molecular flexibility index (Phi) is 6.90. The molecule has 0 atom stereocenters. The standard InChI is InChI=1S/C16H7F15N4O/c17-10(18,9-32-8(35-36)7(33-34-9)6-4-2-1-3-5-6)11(19,20)12(21,22)13(23,24)14(25,26)15(27,28)16(29,30)31/h1-5,36H,(H,32,34,35). The van der Waals surface area contributed by atoms with Crippen LogP contribution >= 0.6 is 0 Å². The van der Waals surface area contributed by atoms with E-state index in [9.17, 15) is 65.9 Å². The summed E-state index contributed by atoms with van der Waals surface area (Å²) in [6, 6.07) is 6.20. The average molecular weight is 556 g/mol. The van der Waals surface area contributed by atoms with Crippen LogP contribution < -0.4 is 5.48 Å². The summed E-state index contributed by atoms with van der Waals surface area (Å²) in [5, 5.41) is 14.1. The van der Waals surface area contributed by atoms with Crippen molar-refractivity contribution in [2.24, 2.45) is 0 Å². The molecule has 36 heavy (non-hydrogen) atoms. The molecule has 0 fully saturated rings.